The zero-order valence-corrected chi connectivity index (χ0v) is 8.89. The first-order chi connectivity index (χ1) is 5.18. The van der Waals surface area contributed by atoms with E-state index in [9.17, 15) is 0 Å². The molecule has 0 bridgehead atoms. The molecular formula is C8H18O2Si. The van der Waals surface area contributed by atoms with Crippen molar-refractivity contribution in [3.63, 3.8) is 0 Å². The molecule has 0 aromatic carbocycles. The Morgan fingerprint density at radius 2 is 1.82 bits per heavy atom. The molecule has 0 saturated carbocycles. The molecule has 0 aromatic rings. The van der Waals surface area contributed by atoms with E-state index in [2.05, 4.69) is 18.7 Å². The maximum atomic E-state index is 5.26. The van der Waals surface area contributed by atoms with Gasteiger partial charge < -0.3 is 8.85 Å². The van der Waals surface area contributed by atoms with Crippen molar-refractivity contribution in [2.75, 3.05) is 14.2 Å². The summed E-state index contributed by atoms with van der Waals surface area (Å²) in [7, 11) is 1.49. The lowest BCUT2D eigenvalue weighted by Crippen LogP contribution is -2.33. The van der Waals surface area contributed by atoms with Gasteiger partial charge in [-0.3, -0.25) is 0 Å². The summed E-state index contributed by atoms with van der Waals surface area (Å²) in [5.41, 5.74) is 2.08. The third-order valence-electron chi connectivity index (χ3n) is 1.69. The van der Waals surface area contributed by atoms with E-state index in [1.165, 1.54) is 6.42 Å². The van der Waals surface area contributed by atoms with E-state index >= 15 is 0 Å². The van der Waals surface area contributed by atoms with Gasteiger partial charge in [-0.15, -0.1) is 0 Å². The molecule has 0 saturated heterocycles. The molecule has 0 fully saturated rings. The predicted molar refractivity (Wildman–Crippen MR) is 49.7 cm³/mol. The van der Waals surface area contributed by atoms with Gasteiger partial charge in [0.2, 0.25) is 0 Å². The molecule has 0 rings (SSSR count). The van der Waals surface area contributed by atoms with Gasteiger partial charge >= 0.3 is 8.56 Å². The predicted octanol–water partition coefficient (Wildman–Crippen LogP) is 2.25. The van der Waals surface area contributed by atoms with Gasteiger partial charge in [-0.1, -0.05) is 19.4 Å². The lowest BCUT2D eigenvalue weighted by atomic mass is 10.3. The van der Waals surface area contributed by atoms with Crippen molar-refractivity contribution < 1.29 is 8.85 Å². The van der Waals surface area contributed by atoms with Crippen molar-refractivity contribution in [2.45, 2.75) is 26.3 Å². The Morgan fingerprint density at radius 3 is 2.18 bits per heavy atom. The van der Waals surface area contributed by atoms with Gasteiger partial charge in [0.25, 0.3) is 0 Å². The minimum Gasteiger partial charge on any atom is -0.395 e. The van der Waals surface area contributed by atoms with Crippen LogP contribution in [0.2, 0.25) is 6.55 Å². The third-order valence-corrected chi connectivity index (χ3v) is 4.15. The smallest absolute Gasteiger partial charge is 0.360 e. The van der Waals surface area contributed by atoms with E-state index in [1.807, 2.05) is 6.55 Å². The van der Waals surface area contributed by atoms with Crippen LogP contribution in [0.15, 0.2) is 11.8 Å². The monoisotopic (exact) mass is 174 g/mol. The van der Waals surface area contributed by atoms with Crippen LogP contribution in [0.1, 0.15) is 19.8 Å². The first-order valence-corrected chi connectivity index (χ1v) is 6.36. The molecule has 0 aliphatic carbocycles. The normalized spacial score (nSPS) is 12.7. The van der Waals surface area contributed by atoms with E-state index in [0.29, 0.717) is 0 Å². The third kappa shape index (κ3) is 4.34. The summed E-state index contributed by atoms with van der Waals surface area (Å²) in [5, 5.41) is 0. The van der Waals surface area contributed by atoms with Crippen molar-refractivity contribution in [1.82, 2.24) is 0 Å². The highest BCUT2D eigenvalue weighted by molar-refractivity contribution is 6.71. The fraction of sp³-hybridized carbons (Fsp3) is 0.750. The maximum Gasteiger partial charge on any atom is 0.360 e. The molecule has 0 spiro atoms. The molecule has 0 aliphatic rings. The summed E-state index contributed by atoms with van der Waals surface area (Å²) in [5.74, 6) is 0. The van der Waals surface area contributed by atoms with Gasteiger partial charge in [0.1, 0.15) is 0 Å². The second-order valence-electron chi connectivity index (χ2n) is 2.62. The molecule has 66 valence electrons. The fourth-order valence-corrected chi connectivity index (χ4v) is 1.72. The van der Waals surface area contributed by atoms with Crippen LogP contribution in [-0.2, 0) is 8.85 Å². The summed E-state index contributed by atoms with van der Waals surface area (Å²) in [6, 6.07) is 0. The van der Waals surface area contributed by atoms with Gasteiger partial charge in [-0.25, -0.2) is 0 Å². The maximum absolute atomic E-state index is 5.26. The number of rotatable bonds is 5. The molecule has 0 unspecified atom stereocenters. The van der Waals surface area contributed by atoms with Crippen LogP contribution in [0.4, 0.5) is 0 Å². The number of hydrogen-bond donors (Lipinski definition) is 0. The molecule has 0 atom stereocenters. The molecule has 0 heterocycles. The summed E-state index contributed by atoms with van der Waals surface area (Å²) in [4.78, 5) is 0. The van der Waals surface area contributed by atoms with E-state index < -0.39 is 8.56 Å². The van der Waals surface area contributed by atoms with Crippen LogP contribution in [-0.4, -0.2) is 22.8 Å². The Balaban J connectivity index is 3.85. The van der Waals surface area contributed by atoms with E-state index in [1.54, 1.807) is 14.2 Å². The first-order valence-electron chi connectivity index (χ1n) is 3.96. The summed E-state index contributed by atoms with van der Waals surface area (Å²) < 4.78 is 10.5. The molecular weight excluding hydrogens is 156 g/mol. The molecule has 0 radical (unpaired) electrons. The quantitative estimate of drug-likeness (QED) is 0.595. The highest BCUT2D eigenvalue weighted by Gasteiger charge is 2.23. The van der Waals surface area contributed by atoms with Crippen LogP contribution in [0.3, 0.4) is 0 Å². The minimum atomic E-state index is -1.92. The molecule has 3 heteroatoms. The summed E-state index contributed by atoms with van der Waals surface area (Å²) >= 11 is 0. The average molecular weight is 174 g/mol. The van der Waals surface area contributed by atoms with Crippen molar-refractivity contribution >= 4 is 8.56 Å². The van der Waals surface area contributed by atoms with Gasteiger partial charge in [0, 0.05) is 14.2 Å². The van der Waals surface area contributed by atoms with Crippen LogP contribution in [0.5, 0.6) is 0 Å². The zero-order chi connectivity index (χ0) is 8.74. The number of unbranched alkanes of at least 4 members (excludes halogenated alkanes) is 1. The molecule has 2 nitrogen and oxygen atoms in total. The van der Waals surface area contributed by atoms with Crippen LogP contribution >= 0.6 is 0 Å². The van der Waals surface area contributed by atoms with Crippen molar-refractivity contribution in [3.05, 3.63) is 11.8 Å². The summed E-state index contributed by atoms with van der Waals surface area (Å²) in [6.45, 7) is 4.18. The number of hydrogen-bond acceptors (Lipinski definition) is 2. The van der Waals surface area contributed by atoms with Gasteiger partial charge in [0.05, 0.1) is 0 Å². The van der Waals surface area contributed by atoms with E-state index in [0.717, 1.165) is 6.42 Å². The fourth-order valence-electron chi connectivity index (χ4n) is 0.683. The lowest BCUT2D eigenvalue weighted by molar-refractivity contribution is 0.264. The Labute approximate surface area is 70.5 Å². The highest BCUT2D eigenvalue weighted by Crippen LogP contribution is 2.06. The SMILES string of the molecule is CCCC=C[Si](C)(OC)OC. The minimum absolute atomic E-state index is 1.11. The second-order valence-corrected chi connectivity index (χ2v) is 5.80. The van der Waals surface area contributed by atoms with Crippen molar-refractivity contribution in [1.29, 1.82) is 0 Å². The summed E-state index contributed by atoms with van der Waals surface area (Å²) in [6.07, 6.45) is 4.42. The Hall–Kier alpha value is -0.123. The van der Waals surface area contributed by atoms with Crippen LogP contribution in [0, 0.1) is 0 Å². The Kier molecular flexibility index (Phi) is 5.46. The second kappa shape index (κ2) is 5.52. The topological polar surface area (TPSA) is 18.5 Å². The van der Waals surface area contributed by atoms with E-state index in [-0.39, 0.29) is 0 Å². The lowest BCUT2D eigenvalue weighted by Gasteiger charge is -2.17. The molecule has 0 N–H and O–H groups in total. The van der Waals surface area contributed by atoms with E-state index in [4.69, 9.17) is 8.85 Å². The van der Waals surface area contributed by atoms with Crippen molar-refractivity contribution in [3.8, 4) is 0 Å². The standard InChI is InChI=1S/C8H18O2Si/c1-5-6-7-8-11(4,9-2)10-3/h7-8H,5-6H2,1-4H3. The largest absolute Gasteiger partial charge is 0.395 e. The van der Waals surface area contributed by atoms with Crippen molar-refractivity contribution in [2.24, 2.45) is 0 Å². The first kappa shape index (κ1) is 10.9. The molecule has 11 heavy (non-hydrogen) atoms. The Bertz CT molecular complexity index is 119. The van der Waals surface area contributed by atoms with Crippen LogP contribution in [0.25, 0.3) is 0 Å². The van der Waals surface area contributed by atoms with Gasteiger partial charge in [-0.05, 0) is 18.7 Å². The highest BCUT2D eigenvalue weighted by atomic mass is 28.4. The van der Waals surface area contributed by atoms with Gasteiger partial charge in [0.15, 0.2) is 0 Å². The molecule has 0 amide bonds. The number of allylic oxidation sites excluding steroid dienone is 1. The Morgan fingerprint density at radius 1 is 1.27 bits per heavy atom. The zero-order valence-electron chi connectivity index (χ0n) is 7.89. The molecule has 0 aromatic heterocycles. The van der Waals surface area contributed by atoms with Crippen LogP contribution < -0.4 is 0 Å². The average Bonchev–Trinajstić information content (AvgIpc) is 2.05. The van der Waals surface area contributed by atoms with Gasteiger partial charge in [-0.2, -0.15) is 0 Å². The molecule has 0 aliphatic heterocycles.